The number of hydrogen-bond acceptors (Lipinski definition) is 4. The van der Waals surface area contributed by atoms with E-state index in [1.807, 2.05) is 6.92 Å². The highest BCUT2D eigenvalue weighted by molar-refractivity contribution is 5.94. The van der Waals surface area contributed by atoms with Gasteiger partial charge in [-0.25, -0.2) is 0 Å². The average molecular weight is 252 g/mol. The number of allylic oxidation sites excluding steroid dienone is 1. The van der Waals surface area contributed by atoms with Crippen LogP contribution in [0.1, 0.15) is 32.6 Å². The van der Waals surface area contributed by atoms with Gasteiger partial charge in [-0.15, -0.1) is 18.4 Å². The molecule has 0 bridgehead atoms. The number of hydrogen-bond donors (Lipinski definition) is 0. The van der Waals surface area contributed by atoms with Crippen LogP contribution in [0.4, 0.5) is 0 Å². The Labute approximate surface area is 108 Å². The predicted molar refractivity (Wildman–Crippen MR) is 68.6 cm³/mol. The number of esters is 2. The van der Waals surface area contributed by atoms with Crippen molar-refractivity contribution in [1.82, 2.24) is 0 Å². The first-order valence-corrected chi connectivity index (χ1v) is 5.78. The standard InChI is InChI=1S/C14H20O4/c1-11(2)9-7-5-6-8-10-12(13(15)17-3)14(16)18-4/h12H,1,7-10H2,2-4H3. The number of ether oxygens (including phenoxy) is 2. The van der Waals surface area contributed by atoms with Crippen LogP contribution in [0.25, 0.3) is 0 Å². The van der Waals surface area contributed by atoms with Crippen molar-refractivity contribution in [3.8, 4) is 11.8 Å². The lowest BCUT2D eigenvalue weighted by Crippen LogP contribution is -2.26. The van der Waals surface area contributed by atoms with Crippen LogP contribution >= 0.6 is 0 Å². The van der Waals surface area contributed by atoms with Crippen molar-refractivity contribution < 1.29 is 19.1 Å². The number of rotatable bonds is 6. The molecule has 0 aliphatic rings. The van der Waals surface area contributed by atoms with E-state index in [1.54, 1.807) is 0 Å². The van der Waals surface area contributed by atoms with Crippen molar-refractivity contribution >= 4 is 11.9 Å². The highest BCUT2D eigenvalue weighted by Crippen LogP contribution is 2.10. The van der Waals surface area contributed by atoms with Gasteiger partial charge in [0.25, 0.3) is 0 Å². The zero-order valence-electron chi connectivity index (χ0n) is 11.2. The van der Waals surface area contributed by atoms with E-state index >= 15 is 0 Å². The Morgan fingerprint density at radius 3 is 2.06 bits per heavy atom. The van der Waals surface area contributed by atoms with Gasteiger partial charge in [0.05, 0.1) is 14.2 Å². The normalized spacial score (nSPS) is 9.33. The summed E-state index contributed by atoms with van der Waals surface area (Å²) >= 11 is 0. The molecule has 0 unspecified atom stereocenters. The molecule has 0 atom stereocenters. The summed E-state index contributed by atoms with van der Waals surface area (Å²) in [5, 5.41) is 0. The molecule has 0 saturated heterocycles. The molecule has 0 heterocycles. The maximum Gasteiger partial charge on any atom is 0.320 e. The van der Waals surface area contributed by atoms with Gasteiger partial charge in [-0.3, -0.25) is 9.59 Å². The second kappa shape index (κ2) is 9.29. The highest BCUT2D eigenvalue weighted by atomic mass is 16.5. The Balaban J connectivity index is 4.15. The van der Waals surface area contributed by atoms with E-state index in [2.05, 4.69) is 27.9 Å². The molecule has 0 aliphatic heterocycles. The van der Waals surface area contributed by atoms with E-state index in [-0.39, 0.29) is 0 Å². The van der Waals surface area contributed by atoms with Crippen molar-refractivity contribution in [3.63, 3.8) is 0 Å². The summed E-state index contributed by atoms with van der Waals surface area (Å²) < 4.78 is 9.09. The molecule has 4 heteroatoms. The summed E-state index contributed by atoms with van der Waals surface area (Å²) in [5.41, 5.74) is 1.09. The molecule has 0 radical (unpaired) electrons. The van der Waals surface area contributed by atoms with Crippen molar-refractivity contribution in [3.05, 3.63) is 12.2 Å². The molecule has 0 rings (SSSR count). The molecule has 0 aromatic carbocycles. The van der Waals surface area contributed by atoms with Crippen LogP contribution in [0.15, 0.2) is 12.2 Å². The molecule has 0 aromatic rings. The second-order valence-electron chi connectivity index (χ2n) is 3.95. The van der Waals surface area contributed by atoms with Crippen LogP contribution in [0.3, 0.4) is 0 Å². The third-order valence-corrected chi connectivity index (χ3v) is 2.33. The van der Waals surface area contributed by atoms with Crippen LogP contribution in [0, 0.1) is 17.8 Å². The molecule has 0 fully saturated rings. The minimum atomic E-state index is -0.879. The molecule has 0 aromatic heterocycles. The van der Waals surface area contributed by atoms with E-state index in [0.29, 0.717) is 12.8 Å². The Bertz CT molecular complexity index is 344. The zero-order valence-corrected chi connectivity index (χ0v) is 11.2. The molecule has 0 amide bonds. The van der Waals surface area contributed by atoms with Crippen LogP contribution < -0.4 is 0 Å². The van der Waals surface area contributed by atoms with Gasteiger partial charge in [0.2, 0.25) is 0 Å². The first-order valence-electron chi connectivity index (χ1n) is 5.78. The van der Waals surface area contributed by atoms with E-state index in [0.717, 1.165) is 18.4 Å². The monoisotopic (exact) mass is 252 g/mol. The van der Waals surface area contributed by atoms with Crippen molar-refractivity contribution in [2.75, 3.05) is 14.2 Å². The first-order chi connectivity index (χ1) is 8.52. The minimum Gasteiger partial charge on any atom is -0.468 e. The highest BCUT2D eigenvalue weighted by Gasteiger charge is 2.27. The van der Waals surface area contributed by atoms with Crippen LogP contribution in [-0.4, -0.2) is 26.2 Å². The van der Waals surface area contributed by atoms with E-state index in [1.165, 1.54) is 14.2 Å². The van der Waals surface area contributed by atoms with Gasteiger partial charge in [-0.05, 0) is 19.8 Å². The summed E-state index contributed by atoms with van der Waals surface area (Å²) in [5.74, 6) is 3.86. The molecule has 0 aliphatic carbocycles. The smallest absolute Gasteiger partial charge is 0.320 e. The topological polar surface area (TPSA) is 52.6 Å². The van der Waals surface area contributed by atoms with Crippen LogP contribution in [0.5, 0.6) is 0 Å². The molecule has 18 heavy (non-hydrogen) atoms. The maximum atomic E-state index is 11.3. The molecule has 4 nitrogen and oxygen atoms in total. The van der Waals surface area contributed by atoms with E-state index in [9.17, 15) is 9.59 Å². The largest absolute Gasteiger partial charge is 0.468 e. The third kappa shape index (κ3) is 6.74. The van der Waals surface area contributed by atoms with Crippen LogP contribution in [0.2, 0.25) is 0 Å². The fourth-order valence-corrected chi connectivity index (χ4v) is 1.29. The summed E-state index contributed by atoms with van der Waals surface area (Å²) in [6.45, 7) is 5.73. The van der Waals surface area contributed by atoms with Gasteiger partial charge < -0.3 is 9.47 Å². The van der Waals surface area contributed by atoms with Gasteiger partial charge in [-0.2, -0.15) is 0 Å². The van der Waals surface area contributed by atoms with E-state index in [4.69, 9.17) is 0 Å². The van der Waals surface area contributed by atoms with Crippen LogP contribution in [-0.2, 0) is 19.1 Å². The minimum absolute atomic E-state index is 0.319. The average Bonchev–Trinajstić information content (AvgIpc) is 2.35. The Hall–Kier alpha value is -1.76. The van der Waals surface area contributed by atoms with Crippen molar-refractivity contribution in [2.24, 2.45) is 5.92 Å². The van der Waals surface area contributed by atoms with Crippen molar-refractivity contribution in [2.45, 2.75) is 32.6 Å². The molecule has 0 spiro atoms. The summed E-state index contributed by atoms with van der Waals surface area (Å²) in [6, 6.07) is 0. The second-order valence-corrected chi connectivity index (χ2v) is 3.95. The van der Waals surface area contributed by atoms with E-state index < -0.39 is 17.9 Å². The molecule has 0 saturated carbocycles. The molecule has 0 N–H and O–H groups in total. The fraction of sp³-hybridized carbons (Fsp3) is 0.571. The fourth-order valence-electron chi connectivity index (χ4n) is 1.29. The number of carbonyl (C=O) groups excluding carboxylic acids is 2. The first kappa shape index (κ1) is 16.2. The Morgan fingerprint density at radius 2 is 1.61 bits per heavy atom. The zero-order chi connectivity index (χ0) is 14.0. The SMILES string of the molecule is C=C(C)CCC#CCCC(C(=O)OC)C(=O)OC. The van der Waals surface area contributed by atoms with Gasteiger partial charge in [0.15, 0.2) is 5.92 Å². The van der Waals surface area contributed by atoms with Crippen molar-refractivity contribution in [1.29, 1.82) is 0 Å². The Morgan fingerprint density at radius 1 is 1.11 bits per heavy atom. The summed E-state index contributed by atoms with van der Waals surface area (Å²) in [6.07, 6.45) is 2.39. The third-order valence-electron chi connectivity index (χ3n) is 2.33. The number of methoxy groups -OCH3 is 2. The lowest BCUT2D eigenvalue weighted by atomic mass is 10.0. The summed E-state index contributed by atoms with van der Waals surface area (Å²) in [4.78, 5) is 22.7. The van der Waals surface area contributed by atoms with Gasteiger partial charge in [0, 0.05) is 12.8 Å². The molecular weight excluding hydrogens is 232 g/mol. The van der Waals surface area contributed by atoms with Gasteiger partial charge in [0.1, 0.15) is 0 Å². The lowest BCUT2D eigenvalue weighted by Gasteiger charge is -2.10. The number of carbonyl (C=O) groups is 2. The van der Waals surface area contributed by atoms with Gasteiger partial charge >= 0.3 is 11.9 Å². The Kier molecular flexibility index (Phi) is 8.38. The summed E-state index contributed by atoms with van der Waals surface area (Å²) in [7, 11) is 2.49. The maximum absolute atomic E-state index is 11.3. The predicted octanol–water partition coefficient (Wildman–Crippen LogP) is 2.09. The molecule has 100 valence electrons. The lowest BCUT2D eigenvalue weighted by molar-refractivity contribution is -0.159. The van der Waals surface area contributed by atoms with Gasteiger partial charge in [-0.1, -0.05) is 5.57 Å². The molecular formula is C14H20O4. The quantitative estimate of drug-likeness (QED) is 0.314.